The first-order valence-electron chi connectivity index (χ1n) is 9.28. The van der Waals surface area contributed by atoms with Gasteiger partial charge in [-0.1, -0.05) is 89.3 Å². The van der Waals surface area contributed by atoms with E-state index in [4.69, 9.17) is 12.2 Å². The lowest BCUT2D eigenvalue weighted by Gasteiger charge is -2.04. The second-order valence-electron chi connectivity index (χ2n) is 6.15. The van der Waals surface area contributed by atoms with Gasteiger partial charge in [0.25, 0.3) is 0 Å². The Labute approximate surface area is 153 Å². The smallest absolute Gasteiger partial charge is 0.234 e. The largest absolute Gasteiger partial charge is 0.371 e. The van der Waals surface area contributed by atoms with E-state index in [0.717, 1.165) is 13.0 Å². The number of hydrogen-bond donors (Lipinski definition) is 2. The van der Waals surface area contributed by atoms with E-state index in [9.17, 15) is 4.79 Å². The predicted octanol–water partition coefficient (Wildman–Crippen LogP) is 5.59. The highest BCUT2D eigenvalue weighted by Crippen LogP contribution is 2.12. The number of isocyanates is 1. The maximum atomic E-state index is 9.89. The van der Waals surface area contributed by atoms with Gasteiger partial charge in [0.15, 0.2) is 0 Å². The van der Waals surface area contributed by atoms with Gasteiger partial charge in [-0.2, -0.15) is 0 Å². The van der Waals surface area contributed by atoms with Crippen molar-refractivity contribution in [3.8, 4) is 0 Å². The maximum Gasteiger partial charge on any atom is 0.234 e. The molecule has 0 aliphatic carbocycles. The quantitative estimate of drug-likeness (QED) is 0.117. The molecule has 0 spiro atoms. The summed E-state index contributed by atoms with van der Waals surface area (Å²) >= 11 is 8.88. The van der Waals surface area contributed by atoms with E-state index in [1.54, 1.807) is 6.08 Å². The fraction of sp³-hybridized carbons (Fsp3) is 0.889. The molecular formula is C18H34N2OS2. The Morgan fingerprint density at radius 1 is 0.783 bits per heavy atom. The minimum Gasteiger partial charge on any atom is -0.371 e. The third-order valence-corrected chi connectivity index (χ3v) is 4.34. The SMILES string of the molecule is O=C=NCCCCCCCCCCCCCCCCNC(=S)S. The molecule has 0 fully saturated rings. The van der Waals surface area contributed by atoms with Gasteiger partial charge in [-0.25, -0.2) is 9.79 Å². The molecule has 0 aromatic carbocycles. The van der Waals surface area contributed by atoms with Gasteiger partial charge in [-0.05, 0) is 12.8 Å². The molecule has 0 aliphatic heterocycles. The average molecular weight is 359 g/mol. The molecule has 1 N–H and O–H groups in total. The average Bonchev–Trinajstić information content (AvgIpc) is 2.53. The molecule has 0 aromatic heterocycles. The summed E-state index contributed by atoms with van der Waals surface area (Å²) in [4.78, 5) is 13.5. The molecule has 0 atom stereocenters. The van der Waals surface area contributed by atoms with Crippen LogP contribution in [0.5, 0.6) is 0 Å². The first-order valence-corrected chi connectivity index (χ1v) is 10.1. The first-order chi connectivity index (χ1) is 11.3. The second kappa shape index (κ2) is 19.7. The number of nitrogens with zero attached hydrogens (tertiary/aromatic N) is 1. The van der Waals surface area contributed by atoms with Crippen LogP contribution >= 0.6 is 24.8 Å². The van der Waals surface area contributed by atoms with Gasteiger partial charge in [0.05, 0.1) is 6.54 Å². The van der Waals surface area contributed by atoms with Crippen LogP contribution in [0.1, 0.15) is 89.9 Å². The van der Waals surface area contributed by atoms with E-state index < -0.39 is 0 Å². The number of nitrogens with one attached hydrogen (secondary N) is 1. The molecule has 0 aromatic rings. The van der Waals surface area contributed by atoms with Crippen LogP contribution in [0.15, 0.2) is 4.99 Å². The normalized spacial score (nSPS) is 10.3. The summed E-state index contributed by atoms with van der Waals surface area (Å²) in [5.41, 5.74) is 0. The molecule has 0 heterocycles. The Bertz CT molecular complexity index is 302. The van der Waals surface area contributed by atoms with Gasteiger partial charge in [0, 0.05) is 6.54 Å². The fourth-order valence-electron chi connectivity index (χ4n) is 2.68. The van der Waals surface area contributed by atoms with E-state index in [2.05, 4.69) is 22.9 Å². The third kappa shape index (κ3) is 21.6. The molecular weight excluding hydrogens is 324 g/mol. The van der Waals surface area contributed by atoms with Crippen LogP contribution in [-0.2, 0) is 4.79 Å². The second-order valence-corrected chi connectivity index (χ2v) is 7.31. The lowest BCUT2D eigenvalue weighted by Crippen LogP contribution is -2.17. The zero-order valence-electron chi connectivity index (χ0n) is 14.5. The zero-order valence-corrected chi connectivity index (χ0v) is 16.2. The molecule has 0 saturated heterocycles. The van der Waals surface area contributed by atoms with Gasteiger partial charge in [-0.15, -0.1) is 12.6 Å². The lowest BCUT2D eigenvalue weighted by atomic mass is 10.0. The van der Waals surface area contributed by atoms with Gasteiger partial charge in [0.1, 0.15) is 4.32 Å². The molecule has 134 valence electrons. The van der Waals surface area contributed by atoms with Crippen molar-refractivity contribution < 1.29 is 4.79 Å². The summed E-state index contributed by atoms with van der Waals surface area (Å²) in [5, 5.41) is 3.07. The minimum atomic E-state index is 0.608. The summed E-state index contributed by atoms with van der Waals surface area (Å²) in [6.07, 6.45) is 19.9. The molecule has 0 radical (unpaired) electrons. The summed E-state index contributed by atoms with van der Waals surface area (Å²) in [6, 6.07) is 0. The molecule has 23 heavy (non-hydrogen) atoms. The topological polar surface area (TPSA) is 41.5 Å². The summed E-state index contributed by atoms with van der Waals surface area (Å²) in [5.74, 6) is 0. The number of hydrogen-bond acceptors (Lipinski definition) is 3. The summed E-state index contributed by atoms with van der Waals surface area (Å²) in [7, 11) is 0. The number of thiocarbonyl (C=S) groups is 1. The van der Waals surface area contributed by atoms with E-state index in [1.165, 1.54) is 83.5 Å². The van der Waals surface area contributed by atoms with Crippen LogP contribution in [-0.4, -0.2) is 23.5 Å². The Hall–Kier alpha value is -0.380. The summed E-state index contributed by atoms with van der Waals surface area (Å²) in [6.45, 7) is 1.62. The standard InChI is InChI=1S/C18H34N2OS2/c21-17-19-15-13-11-9-7-5-3-1-2-4-6-8-10-12-14-16-20-18(22)23/h1-16H2,(H2,20,22,23). The van der Waals surface area contributed by atoms with Crippen LogP contribution in [0.2, 0.25) is 0 Å². The molecule has 0 unspecified atom stereocenters. The Morgan fingerprint density at radius 3 is 1.57 bits per heavy atom. The highest BCUT2D eigenvalue weighted by atomic mass is 32.1. The minimum absolute atomic E-state index is 0.608. The zero-order chi connectivity index (χ0) is 17.0. The molecule has 0 aliphatic rings. The number of unbranched alkanes of at least 4 members (excludes halogenated alkanes) is 13. The van der Waals surface area contributed by atoms with Gasteiger partial charge in [-0.3, -0.25) is 0 Å². The van der Waals surface area contributed by atoms with Crippen molar-refractivity contribution in [2.75, 3.05) is 13.1 Å². The van der Waals surface area contributed by atoms with Crippen molar-refractivity contribution in [1.29, 1.82) is 0 Å². The Morgan fingerprint density at radius 2 is 1.17 bits per heavy atom. The Kier molecular flexibility index (Phi) is 19.3. The van der Waals surface area contributed by atoms with Crippen LogP contribution in [0.4, 0.5) is 0 Å². The summed E-state index contributed by atoms with van der Waals surface area (Å²) < 4.78 is 0.608. The monoisotopic (exact) mass is 358 g/mol. The van der Waals surface area contributed by atoms with Crippen molar-refractivity contribution in [1.82, 2.24) is 5.32 Å². The van der Waals surface area contributed by atoms with Gasteiger partial charge in [0.2, 0.25) is 6.08 Å². The van der Waals surface area contributed by atoms with Crippen LogP contribution in [0.3, 0.4) is 0 Å². The van der Waals surface area contributed by atoms with Crippen molar-refractivity contribution in [2.45, 2.75) is 89.9 Å². The lowest BCUT2D eigenvalue weighted by molar-refractivity contribution is 0.533. The molecule has 0 bridgehead atoms. The molecule has 0 saturated carbocycles. The molecule has 0 rings (SSSR count). The fourth-order valence-corrected chi connectivity index (χ4v) is 2.89. The maximum absolute atomic E-state index is 9.89. The van der Waals surface area contributed by atoms with E-state index in [1.807, 2.05) is 0 Å². The highest BCUT2D eigenvalue weighted by Gasteiger charge is 1.94. The van der Waals surface area contributed by atoms with E-state index in [-0.39, 0.29) is 0 Å². The number of rotatable bonds is 17. The molecule has 5 heteroatoms. The van der Waals surface area contributed by atoms with Gasteiger partial charge >= 0.3 is 0 Å². The third-order valence-electron chi connectivity index (χ3n) is 4.04. The van der Waals surface area contributed by atoms with Crippen molar-refractivity contribution in [2.24, 2.45) is 4.99 Å². The van der Waals surface area contributed by atoms with Crippen molar-refractivity contribution >= 4 is 35.2 Å². The van der Waals surface area contributed by atoms with Crippen LogP contribution < -0.4 is 5.32 Å². The molecule has 0 amide bonds. The van der Waals surface area contributed by atoms with Crippen molar-refractivity contribution in [3.05, 3.63) is 0 Å². The van der Waals surface area contributed by atoms with E-state index in [0.29, 0.717) is 10.9 Å². The molecule has 3 nitrogen and oxygen atoms in total. The number of aliphatic imine (C=N–C) groups is 1. The predicted molar refractivity (Wildman–Crippen MR) is 107 cm³/mol. The van der Waals surface area contributed by atoms with Crippen LogP contribution in [0.25, 0.3) is 0 Å². The van der Waals surface area contributed by atoms with Gasteiger partial charge < -0.3 is 5.32 Å². The van der Waals surface area contributed by atoms with Crippen molar-refractivity contribution in [3.63, 3.8) is 0 Å². The highest BCUT2D eigenvalue weighted by molar-refractivity contribution is 8.11. The first kappa shape index (κ1) is 22.6. The number of carbonyl (C=O) groups excluding carboxylic acids is 1. The Balaban J connectivity index is 3.00. The van der Waals surface area contributed by atoms with E-state index >= 15 is 0 Å². The van der Waals surface area contributed by atoms with Crippen LogP contribution in [0, 0.1) is 0 Å². The number of thiol groups is 1.